The zero-order valence-electron chi connectivity index (χ0n) is 11.9. The molecule has 0 saturated heterocycles. The number of nitrogens with zero attached hydrogens (tertiary/aromatic N) is 1. The predicted molar refractivity (Wildman–Crippen MR) is 74.9 cm³/mol. The number of hydrogen-bond donors (Lipinski definition) is 0. The van der Waals surface area contributed by atoms with Crippen molar-refractivity contribution in [2.45, 2.75) is 51.9 Å². The van der Waals surface area contributed by atoms with E-state index in [-0.39, 0.29) is 5.41 Å². The molecule has 0 spiro atoms. The van der Waals surface area contributed by atoms with E-state index in [9.17, 15) is 0 Å². The molecule has 0 saturated carbocycles. The predicted octanol–water partition coefficient (Wildman–Crippen LogP) is 4.23. The van der Waals surface area contributed by atoms with E-state index in [2.05, 4.69) is 45.0 Å². The van der Waals surface area contributed by atoms with E-state index in [4.69, 9.17) is 10.00 Å². The third kappa shape index (κ3) is 4.07. The molecule has 18 heavy (non-hydrogen) atoms. The third-order valence-electron chi connectivity index (χ3n) is 3.08. The topological polar surface area (TPSA) is 33.0 Å². The summed E-state index contributed by atoms with van der Waals surface area (Å²) >= 11 is 0. The van der Waals surface area contributed by atoms with E-state index in [1.807, 2.05) is 0 Å². The van der Waals surface area contributed by atoms with Gasteiger partial charge < -0.3 is 4.74 Å². The Morgan fingerprint density at radius 1 is 1.22 bits per heavy atom. The number of unbranched alkanes of at least 4 members (excludes halogenated alkanes) is 2. The number of ether oxygens (including phenoxy) is 1. The molecule has 0 N–H and O–H groups in total. The lowest BCUT2D eigenvalue weighted by atomic mass is 9.85. The Hall–Kier alpha value is -1.49. The number of benzene rings is 1. The average Bonchev–Trinajstić information content (AvgIpc) is 2.33. The van der Waals surface area contributed by atoms with Gasteiger partial charge in [0.05, 0.1) is 13.2 Å². The molecule has 0 radical (unpaired) electrons. The van der Waals surface area contributed by atoms with Crippen molar-refractivity contribution in [2.24, 2.45) is 0 Å². The molecule has 2 nitrogen and oxygen atoms in total. The molecule has 2 heteroatoms. The van der Waals surface area contributed by atoms with Crippen molar-refractivity contribution in [1.82, 2.24) is 0 Å². The lowest BCUT2D eigenvalue weighted by Gasteiger charge is -2.23. The molecule has 1 rings (SSSR count). The van der Waals surface area contributed by atoms with Crippen LogP contribution in [0.25, 0.3) is 0 Å². The van der Waals surface area contributed by atoms with Gasteiger partial charge in [0, 0.05) is 6.42 Å². The van der Waals surface area contributed by atoms with E-state index >= 15 is 0 Å². The highest BCUT2D eigenvalue weighted by atomic mass is 16.5. The van der Waals surface area contributed by atoms with Crippen LogP contribution in [0.1, 0.15) is 51.2 Å². The molecule has 0 bridgehead atoms. The molecule has 0 unspecified atom stereocenters. The first-order valence-corrected chi connectivity index (χ1v) is 6.53. The third-order valence-corrected chi connectivity index (χ3v) is 3.08. The average molecular weight is 245 g/mol. The Morgan fingerprint density at radius 2 is 1.94 bits per heavy atom. The smallest absolute Gasteiger partial charge is 0.122 e. The van der Waals surface area contributed by atoms with Gasteiger partial charge in [0.2, 0.25) is 0 Å². The van der Waals surface area contributed by atoms with Crippen molar-refractivity contribution in [3.8, 4) is 11.8 Å². The standard InChI is InChI=1S/C16H23NO/c1-16(2,3)14-12-13(8-6-5-7-11-17)9-10-15(14)18-4/h9-10,12H,5-8H2,1-4H3. The Morgan fingerprint density at radius 3 is 2.50 bits per heavy atom. The van der Waals surface area contributed by atoms with Crippen LogP contribution in [0.2, 0.25) is 0 Å². The summed E-state index contributed by atoms with van der Waals surface area (Å²) in [6.07, 6.45) is 3.74. The van der Waals surface area contributed by atoms with Gasteiger partial charge in [-0.1, -0.05) is 32.9 Å². The van der Waals surface area contributed by atoms with Crippen molar-refractivity contribution in [1.29, 1.82) is 5.26 Å². The molecular weight excluding hydrogens is 222 g/mol. The zero-order valence-corrected chi connectivity index (χ0v) is 11.9. The van der Waals surface area contributed by atoms with Crippen molar-refractivity contribution in [3.05, 3.63) is 29.3 Å². The highest BCUT2D eigenvalue weighted by Crippen LogP contribution is 2.32. The number of hydrogen-bond acceptors (Lipinski definition) is 2. The van der Waals surface area contributed by atoms with E-state index < -0.39 is 0 Å². The minimum absolute atomic E-state index is 0.0913. The van der Waals surface area contributed by atoms with E-state index in [1.165, 1.54) is 11.1 Å². The lowest BCUT2D eigenvalue weighted by molar-refractivity contribution is 0.397. The van der Waals surface area contributed by atoms with Crippen LogP contribution in [0.3, 0.4) is 0 Å². The summed E-state index contributed by atoms with van der Waals surface area (Å²) in [5.41, 5.74) is 2.68. The van der Waals surface area contributed by atoms with Crippen LogP contribution in [0.5, 0.6) is 5.75 Å². The minimum Gasteiger partial charge on any atom is -0.496 e. The summed E-state index contributed by atoms with van der Waals surface area (Å²) < 4.78 is 5.43. The molecule has 98 valence electrons. The normalized spacial score (nSPS) is 11.1. The van der Waals surface area contributed by atoms with Crippen molar-refractivity contribution >= 4 is 0 Å². The molecule has 0 heterocycles. The van der Waals surface area contributed by atoms with Gasteiger partial charge in [-0.25, -0.2) is 0 Å². The molecule has 1 aromatic rings. The van der Waals surface area contributed by atoms with Crippen molar-refractivity contribution in [3.63, 3.8) is 0 Å². The fourth-order valence-corrected chi connectivity index (χ4v) is 2.03. The SMILES string of the molecule is COc1ccc(CCCCC#N)cc1C(C)(C)C. The maximum atomic E-state index is 8.52. The zero-order chi connectivity index (χ0) is 13.6. The van der Waals surface area contributed by atoms with E-state index in [0.717, 1.165) is 25.0 Å². The van der Waals surface area contributed by atoms with E-state index in [0.29, 0.717) is 6.42 Å². The molecule has 0 atom stereocenters. The van der Waals surface area contributed by atoms with Gasteiger partial charge in [-0.3, -0.25) is 0 Å². The van der Waals surface area contributed by atoms with Gasteiger partial charge in [-0.15, -0.1) is 0 Å². The monoisotopic (exact) mass is 245 g/mol. The van der Waals surface area contributed by atoms with Crippen LogP contribution in [0.15, 0.2) is 18.2 Å². The Labute approximate surface area is 111 Å². The van der Waals surface area contributed by atoms with Crippen molar-refractivity contribution < 1.29 is 4.74 Å². The fourth-order valence-electron chi connectivity index (χ4n) is 2.03. The Bertz CT molecular complexity index is 424. The molecule has 0 aliphatic heterocycles. The molecule has 0 aliphatic carbocycles. The van der Waals surface area contributed by atoms with Gasteiger partial charge in [0.1, 0.15) is 5.75 Å². The highest BCUT2D eigenvalue weighted by molar-refractivity contribution is 5.41. The van der Waals surface area contributed by atoms with Gasteiger partial charge in [-0.05, 0) is 41.9 Å². The van der Waals surface area contributed by atoms with Crippen molar-refractivity contribution in [2.75, 3.05) is 7.11 Å². The van der Waals surface area contributed by atoms with Crippen LogP contribution in [0, 0.1) is 11.3 Å². The maximum Gasteiger partial charge on any atom is 0.122 e. The second kappa shape index (κ2) is 6.44. The molecule has 1 aromatic carbocycles. The number of methoxy groups -OCH3 is 1. The molecule has 0 amide bonds. The first-order valence-electron chi connectivity index (χ1n) is 6.53. The first kappa shape index (κ1) is 14.6. The first-order chi connectivity index (χ1) is 8.49. The van der Waals surface area contributed by atoms with Crippen LogP contribution >= 0.6 is 0 Å². The highest BCUT2D eigenvalue weighted by Gasteiger charge is 2.18. The second-order valence-electron chi connectivity index (χ2n) is 5.65. The summed E-state index contributed by atoms with van der Waals surface area (Å²) in [7, 11) is 1.72. The molecule has 0 fully saturated rings. The maximum absolute atomic E-state index is 8.52. The van der Waals surface area contributed by atoms with Gasteiger partial charge in [0.15, 0.2) is 0 Å². The Balaban J connectivity index is 2.81. The van der Waals surface area contributed by atoms with Crippen LogP contribution in [-0.2, 0) is 11.8 Å². The summed E-state index contributed by atoms with van der Waals surface area (Å²) in [4.78, 5) is 0. The number of aryl methyl sites for hydroxylation is 1. The molecule has 0 aromatic heterocycles. The largest absolute Gasteiger partial charge is 0.496 e. The van der Waals surface area contributed by atoms with Crippen LogP contribution in [-0.4, -0.2) is 7.11 Å². The second-order valence-corrected chi connectivity index (χ2v) is 5.65. The van der Waals surface area contributed by atoms with Crippen LogP contribution in [0.4, 0.5) is 0 Å². The summed E-state index contributed by atoms with van der Waals surface area (Å²) in [5.74, 6) is 0.961. The van der Waals surface area contributed by atoms with Gasteiger partial charge in [0.25, 0.3) is 0 Å². The lowest BCUT2D eigenvalue weighted by Crippen LogP contribution is -2.13. The van der Waals surface area contributed by atoms with Crippen LogP contribution < -0.4 is 4.74 Å². The summed E-state index contributed by atoms with van der Waals surface area (Å²) in [6.45, 7) is 6.60. The number of rotatable bonds is 5. The quantitative estimate of drug-likeness (QED) is 0.727. The molecule has 0 aliphatic rings. The number of nitriles is 1. The fraction of sp³-hybridized carbons (Fsp3) is 0.562. The summed E-state index contributed by atoms with van der Waals surface area (Å²) in [6, 6.07) is 8.61. The van der Waals surface area contributed by atoms with E-state index in [1.54, 1.807) is 7.11 Å². The van der Waals surface area contributed by atoms with Gasteiger partial charge in [-0.2, -0.15) is 5.26 Å². The summed E-state index contributed by atoms with van der Waals surface area (Å²) in [5, 5.41) is 8.52. The van der Waals surface area contributed by atoms with Gasteiger partial charge >= 0.3 is 0 Å². The minimum atomic E-state index is 0.0913. The Kier molecular flexibility index (Phi) is 5.22. The molecular formula is C16H23NO.